The number of hydrogen-bond donors (Lipinski definition) is 1. The number of esters is 2. The van der Waals surface area contributed by atoms with E-state index >= 15 is 0 Å². The molecule has 2 rings (SSSR count). The van der Waals surface area contributed by atoms with Crippen molar-refractivity contribution >= 4 is 24.2 Å². The number of ether oxygens (including phenoxy) is 2. The van der Waals surface area contributed by atoms with Gasteiger partial charge in [0.05, 0.1) is 25.9 Å². The Balaban J connectivity index is 1.83. The van der Waals surface area contributed by atoms with Crippen LogP contribution in [0.25, 0.3) is 0 Å². The van der Waals surface area contributed by atoms with Crippen LogP contribution in [0, 0.1) is 5.92 Å². The number of aliphatic imine (C=N–C) groups is 1. The lowest BCUT2D eigenvalue weighted by Crippen LogP contribution is -2.54. The zero-order valence-electron chi connectivity index (χ0n) is 19.5. The molecule has 0 spiro atoms. The molecule has 8 nitrogen and oxygen atoms in total. The number of nitrogens with one attached hydrogen (secondary N) is 1. The molecule has 8 heteroatoms. The summed E-state index contributed by atoms with van der Waals surface area (Å²) in [6.07, 6.45) is 3.83. The molecule has 2 atom stereocenters. The van der Waals surface area contributed by atoms with E-state index in [1.807, 2.05) is 30.3 Å². The molecular weight excluding hydrogens is 410 g/mol. The van der Waals surface area contributed by atoms with Crippen molar-refractivity contribution in [2.45, 2.75) is 58.0 Å². The second-order valence-corrected chi connectivity index (χ2v) is 8.36. The Morgan fingerprint density at radius 3 is 2.56 bits per heavy atom. The third-order valence-corrected chi connectivity index (χ3v) is 5.55. The van der Waals surface area contributed by atoms with Crippen molar-refractivity contribution < 1.29 is 23.9 Å². The van der Waals surface area contributed by atoms with E-state index in [0.717, 1.165) is 18.5 Å². The maximum Gasteiger partial charge on any atom is 0.335 e. The second-order valence-electron chi connectivity index (χ2n) is 8.36. The van der Waals surface area contributed by atoms with Gasteiger partial charge in [-0.2, -0.15) is 0 Å². The maximum absolute atomic E-state index is 12.7. The molecule has 0 fully saturated rings. The Hall–Kier alpha value is -2.90. The molecule has 1 N–H and O–H groups in total. The van der Waals surface area contributed by atoms with Crippen LogP contribution in [0.1, 0.15) is 45.6 Å². The summed E-state index contributed by atoms with van der Waals surface area (Å²) in [5.74, 6) is -0.984. The number of rotatable bonds is 12. The molecule has 1 heterocycles. The van der Waals surface area contributed by atoms with E-state index in [0.29, 0.717) is 19.4 Å². The van der Waals surface area contributed by atoms with Crippen molar-refractivity contribution in [1.29, 1.82) is 0 Å². The molecule has 1 aliphatic rings. The summed E-state index contributed by atoms with van der Waals surface area (Å²) >= 11 is 0. The summed E-state index contributed by atoms with van der Waals surface area (Å²) in [6, 6.07) is 9.12. The molecule has 0 aliphatic carbocycles. The first kappa shape index (κ1) is 25.4. The van der Waals surface area contributed by atoms with Crippen LogP contribution in [0.15, 0.2) is 35.3 Å². The van der Waals surface area contributed by atoms with E-state index in [-0.39, 0.29) is 36.9 Å². The van der Waals surface area contributed by atoms with Crippen LogP contribution in [0.4, 0.5) is 0 Å². The first-order valence-corrected chi connectivity index (χ1v) is 11.2. The lowest BCUT2D eigenvalue weighted by Gasteiger charge is -2.38. The molecule has 0 saturated heterocycles. The number of nitrogens with zero attached hydrogens (tertiary/aromatic N) is 2. The molecule has 0 bridgehead atoms. The highest BCUT2D eigenvalue weighted by molar-refractivity contribution is 5.86. The molecule has 1 aromatic rings. The molecule has 0 aromatic heterocycles. The summed E-state index contributed by atoms with van der Waals surface area (Å²) in [4.78, 5) is 43.4. The summed E-state index contributed by atoms with van der Waals surface area (Å²) in [6.45, 7) is 7.07. The minimum absolute atomic E-state index is 0.0930. The lowest BCUT2D eigenvalue weighted by atomic mass is 9.80. The predicted octanol–water partition coefficient (Wildman–Crippen LogP) is 2.36. The monoisotopic (exact) mass is 445 g/mol. The fourth-order valence-corrected chi connectivity index (χ4v) is 4.25. The molecule has 0 saturated carbocycles. The van der Waals surface area contributed by atoms with Gasteiger partial charge in [0, 0.05) is 13.1 Å². The van der Waals surface area contributed by atoms with E-state index in [1.165, 1.54) is 7.11 Å². The van der Waals surface area contributed by atoms with Gasteiger partial charge in [-0.05, 0) is 30.7 Å². The zero-order chi connectivity index (χ0) is 23.6. The standard InChI is InChI=1S/C24H35N3O5/c1-5-14-27-17-26-24(23(30)31-4,22(27)18(2)3)12-9-13-25-20(28)16-32-21(29)15-19-10-7-6-8-11-19/h6-8,10-11,17-18,22H,5,9,12-16H2,1-4H3,(H,25,28). The molecule has 1 amide bonds. The van der Waals surface area contributed by atoms with E-state index in [1.54, 1.807) is 6.34 Å². The Morgan fingerprint density at radius 1 is 1.22 bits per heavy atom. The van der Waals surface area contributed by atoms with E-state index in [2.05, 4.69) is 36.0 Å². The summed E-state index contributed by atoms with van der Waals surface area (Å²) in [5, 5.41) is 2.75. The Morgan fingerprint density at radius 2 is 1.94 bits per heavy atom. The molecule has 2 unspecified atom stereocenters. The van der Waals surface area contributed by atoms with Crippen molar-refractivity contribution in [1.82, 2.24) is 10.2 Å². The molecule has 32 heavy (non-hydrogen) atoms. The van der Waals surface area contributed by atoms with Crippen molar-refractivity contribution in [3.05, 3.63) is 35.9 Å². The van der Waals surface area contributed by atoms with E-state index in [9.17, 15) is 14.4 Å². The second kappa shape index (κ2) is 12.2. The number of amides is 1. The van der Waals surface area contributed by atoms with Gasteiger partial charge in [-0.3, -0.25) is 14.6 Å². The normalized spacial score (nSPS) is 19.8. The Kier molecular flexibility index (Phi) is 9.68. The topological polar surface area (TPSA) is 97.3 Å². The Bertz CT molecular complexity index is 796. The van der Waals surface area contributed by atoms with E-state index < -0.39 is 11.5 Å². The molecule has 176 valence electrons. The van der Waals surface area contributed by atoms with Crippen LogP contribution in [0.2, 0.25) is 0 Å². The minimum Gasteiger partial charge on any atom is -0.467 e. The highest BCUT2D eigenvalue weighted by atomic mass is 16.5. The van der Waals surface area contributed by atoms with Crippen molar-refractivity contribution in [3.8, 4) is 0 Å². The number of carbonyl (C=O) groups excluding carboxylic acids is 3. The molecule has 1 aliphatic heterocycles. The van der Waals surface area contributed by atoms with Crippen molar-refractivity contribution in [3.63, 3.8) is 0 Å². The first-order chi connectivity index (χ1) is 15.3. The zero-order valence-corrected chi connectivity index (χ0v) is 19.5. The smallest absolute Gasteiger partial charge is 0.335 e. The van der Waals surface area contributed by atoms with Gasteiger partial charge >= 0.3 is 11.9 Å². The molecule has 1 aromatic carbocycles. The van der Waals surface area contributed by atoms with Gasteiger partial charge in [-0.15, -0.1) is 0 Å². The maximum atomic E-state index is 12.7. The van der Waals surface area contributed by atoms with Gasteiger partial charge in [0.25, 0.3) is 5.91 Å². The van der Waals surface area contributed by atoms with Gasteiger partial charge in [0.1, 0.15) is 0 Å². The largest absolute Gasteiger partial charge is 0.467 e. The highest BCUT2D eigenvalue weighted by Gasteiger charge is 2.52. The fraction of sp³-hybridized carbons (Fsp3) is 0.583. The van der Waals surface area contributed by atoms with Crippen LogP contribution < -0.4 is 5.32 Å². The third kappa shape index (κ3) is 6.55. The van der Waals surface area contributed by atoms with Crippen molar-refractivity contribution in [2.24, 2.45) is 10.9 Å². The number of hydrogen-bond acceptors (Lipinski definition) is 7. The van der Waals surface area contributed by atoms with E-state index in [4.69, 9.17) is 9.47 Å². The quantitative estimate of drug-likeness (QED) is 0.392. The fourth-order valence-electron chi connectivity index (χ4n) is 4.25. The molecular formula is C24H35N3O5. The summed E-state index contributed by atoms with van der Waals surface area (Å²) in [7, 11) is 1.38. The average molecular weight is 446 g/mol. The van der Waals surface area contributed by atoms with Crippen LogP contribution >= 0.6 is 0 Å². The van der Waals surface area contributed by atoms with Crippen LogP contribution in [0.5, 0.6) is 0 Å². The van der Waals surface area contributed by atoms with Gasteiger partial charge < -0.3 is 19.7 Å². The SMILES string of the molecule is CCCN1C=NC(CCCNC(=O)COC(=O)Cc2ccccc2)(C(=O)OC)C1C(C)C. The summed E-state index contributed by atoms with van der Waals surface area (Å²) in [5.41, 5.74) is -0.148. The van der Waals surface area contributed by atoms with Crippen LogP contribution in [-0.4, -0.2) is 67.5 Å². The lowest BCUT2D eigenvalue weighted by molar-refractivity contribution is -0.149. The number of carbonyl (C=O) groups is 3. The average Bonchev–Trinajstić information content (AvgIpc) is 3.15. The van der Waals surface area contributed by atoms with Crippen LogP contribution in [0.3, 0.4) is 0 Å². The third-order valence-electron chi connectivity index (χ3n) is 5.55. The Labute approximate surface area is 190 Å². The van der Waals surface area contributed by atoms with Gasteiger partial charge in [0.15, 0.2) is 12.1 Å². The first-order valence-electron chi connectivity index (χ1n) is 11.2. The number of methoxy groups -OCH3 is 1. The van der Waals surface area contributed by atoms with Gasteiger partial charge in [0.2, 0.25) is 0 Å². The minimum atomic E-state index is -0.981. The number of benzene rings is 1. The molecule has 0 radical (unpaired) electrons. The summed E-state index contributed by atoms with van der Waals surface area (Å²) < 4.78 is 10.2. The van der Waals surface area contributed by atoms with Gasteiger partial charge in [-0.1, -0.05) is 51.1 Å². The van der Waals surface area contributed by atoms with Crippen LogP contribution in [-0.2, 0) is 30.3 Å². The van der Waals surface area contributed by atoms with Crippen molar-refractivity contribution in [2.75, 3.05) is 26.8 Å². The van der Waals surface area contributed by atoms with Gasteiger partial charge in [-0.25, -0.2) is 4.79 Å². The predicted molar refractivity (Wildman–Crippen MR) is 122 cm³/mol. The highest BCUT2D eigenvalue weighted by Crippen LogP contribution is 2.36.